The minimum absolute atomic E-state index is 0.0154. The number of benzene rings is 3. The number of hydrogen-bond donors (Lipinski definition) is 1. The lowest BCUT2D eigenvalue weighted by Gasteiger charge is -2.31. The van der Waals surface area contributed by atoms with Crippen LogP contribution in [0.15, 0.2) is 72.8 Å². The third kappa shape index (κ3) is 8.50. The van der Waals surface area contributed by atoms with Crippen molar-refractivity contribution in [2.45, 2.75) is 58.5 Å². The maximum absolute atomic E-state index is 13.7. The molecule has 5 nitrogen and oxygen atoms in total. The van der Waals surface area contributed by atoms with Gasteiger partial charge in [0.15, 0.2) is 6.61 Å². The van der Waals surface area contributed by atoms with Gasteiger partial charge in [-0.25, -0.2) is 0 Å². The molecule has 202 valence electrons. The predicted molar refractivity (Wildman–Crippen MR) is 155 cm³/mol. The van der Waals surface area contributed by atoms with Crippen molar-refractivity contribution in [2.75, 3.05) is 13.2 Å². The Morgan fingerprint density at radius 2 is 1.61 bits per heavy atom. The van der Waals surface area contributed by atoms with Gasteiger partial charge in [0.2, 0.25) is 5.91 Å². The van der Waals surface area contributed by atoms with Crippen molar-refractivity contribution in [1.82, 2.24) is 10.2 Å². The van der Waals surface area contributed by atoms with E-state index in [0.29, 0.717) is 28.8 Å². The molecule has 0 heterocycles. The largest absolute Gasteiger partial charge is 0.484 e. The monoisotopic (exact) mass is 554 g/mol. The molecule has 1 unspecified atom stereocenters. The first-order valence-electron chi connectivity index (χ1n) is 12.9. The second-order valence-corrected chi connectivity index (χ2v) is 11.1. The quantitative estimate of drug-likeness (QED) is 0.282. The van der Waals surface area contributed by atoms with Crippen molar-refractivity contribution in [3.05, 3.63) is 99.5 Å². The Morgan fingerprint density at radius 3 is 2.21 bits per heavy atom. The number of halogens is 2. The van der Waals surface area contributed by atoms with Crippen molar-refractivity contribution in [1.29, 1.82) is 0 Å². The Morgan fingerprint density at radius 1 is 0.921 bits per heavy atom. The van der Waals surface area contributed by atoms with Crippen LogP contribution in [0.3, 0.4) is 0 Å². The maximum atomic E-state index is 13.7. The average molecular weight is 556 g/mol. The Labute approximate surface area is 236 Å². The van der Waals surface area contributed by atoms with Gasteiger partial charge in [0, 0.05) is 19.5 Å². The van der Waals surface area contributed by atoms with Gasteiger partial charge in [0.1, 0.15) is 11.8 Å². The van der Waals surface area contributed by atoms with E-state index in [9.17, 15) is 9.59 Å². The average Bonchev–Trinajstić information content (AvgIpc) is 2.90. The van der Waals surface area contributed by atoms with E-state index >= 15 is 0 Å². The molecule has 1 N–H and O–H groups in total. The molecule has 0 saturated heterocycles. The number of rotatable bonds is 11. The predicted octanol–water partition coefficient (Wildman–Crippen LogP) is 6.84. The molecule has 0 radical (unpaired) electrons. The second-order valence-electron chi connectivity index (χ2n) is 10.3. The highest BCUT2D eigenvalue weighted by molar-refractivity contribution is 6.42. The molecule has 0 aliphatic carbocycles. The smallest absolute Gasteiger partial charge is 0.261 e. The summed E-state index contributed by atoms with van der Waals surface area (Å²) in [6.45, 7) is 8.91. The van der Waals surface area contributed by atoms with Gasteiger partial charge < -0.3 is 15.0 Å². The van der Waals surface area contributed by atoms with E-state index < -0.39 is 6.04 Å². The van der Waals surface area contributed by atoms with Gasteiger partial charge in [-0.15, -0.1) is 0 Å². The molecule has 7 heteroatoms. The molecule has 0 spiro atoms. The molecule has 3 aromatic rings. The minimum atomic E-state index is -0.738. The molecule has 3 rings (SSSR count). The van der Waals surface area contributed by atoms with E-state index in [1.54, 1.807) is 17.0 Å². The summed E-state index contributed by atoms with van der Waals surface area (Å²) >= 11 is 12.4. The number of carbonyl (C=O) groups excluding carboxylic acids is 2. The van der Waals surface area contributed by atoms with Crippen molar-refractivity contribution in [3.63, 3.8) is 0 Å². The van der Waals surface area contributed by atoms with E-state index in [1.807, 2.05) is 67.6 Å². The first kappa shape index (κ1) is 29.5. The van der Waals surface area contributed by atoms with Gasteiger partial charge in [-0.2, -0.15) is 0 Å². The van der Waals surface area contributed by atoms with E-state index in [0.717, 1.165) is 17.5 Å². The molecule has 0 aliphatic rings. The molecule has 0 bridgehead atoms. The highest BCUT2D eigenvalue weighted by atomic mass is 35.5. The van der Waals surface area contributed by atoms with Crippen LogP contribution in [-0.2, 0) is 28.0 Å². The summed E-state index contributed by atoms with van der Waals surface area (Å²) in [5.41, 5.74) is 2.91. The highest BCUT2D eigenvalue weighted by Gasteiger charge is 2.30. The van der Waals surface area contributed by atoms with Gasteiger partial charge in [-0.3, -0.25) is 9.59 Å². The van der Waals surface area contributed by atoms with Gasteiger partial charge in [0.05, 0.1) is 10.0 Å². The molecule has 1 atom stereocenters. The van der Waals surface area contributed by atoms with Crippen LogP contribution < -0.4 is 10.1 Å². The van der Waals surface area contributed by atoms with Crippen molar-refractivity contribution in [3.8, 4) is 5.75 Å². The fraction of sp³-hybridized carbons (Fsp3) is 0.355. The summed E-state index contributed by atoms with van der Waals surface area (Å²) in [4.78, 5) is 28.6. The number of nitrogens with one attached hydrogen (secondary N) is 1. The molecule has 2 amide bonds. The maximum Gasteiger partial charge on any atom is 0.261 e. The highest BCUT2D eigenvalue weighted by Crippen LogP contribution is 2.26. The van der Waals surface area contributed by atoms with E-state index in [1.165, 1.54) is 5.56 Å². The zero-order chi connectivity index (χ0) is 27.7. The molecular weight excluding hydrogens is 519 g/mol. The number of amides is 2. The summed E-state index contributed by atoms with van der Waals surface area (Å²) in [6.07, 6.45) is 1.15. The van der Waals surface area contributed by atoms with Crippen LogP contribution in [0.4, 0.5) is 0 Å². The van der Waals surface area contributed by atoms with Gasteiger partial charge in [0.25, 0.3) is 5.91 Å². The SMILES string of the molecule is CCCNC(=O)C(Cc1ccccc1)N(Cc1ccc(Cl)c(Cl)c1)C(=O)COc1ccc(C(C)(C)C)cc1. The van der Waals surface area contributed by atoms with E-state index in [-0.39, 0.29) is 30.4 Å². The Hall–Kier alpha value is -3.02. The molecule has 38 heavy (non-hydrogen) atoms. The molecule has 0 aromatic heterocycles. The van der Waals surface area contributed by atoms with E-state index in [4.69, 9.17) is 27.9 Å². The fourth-order valence-corrected chi connectivity index (χ4v) is 4.35. The van der Waals surface area contributed by atoms with Crippen LogP contribution in [0, 0.1) is 0 Å². The van der Waals surface area contributed by atoms with Crippen LogP contribution in [0.2, 0.25) is 10.0 Å². The zero-order valence-electron chi connectivity index (χ0n) is 22.5. The molecule has 0 saturated carbocycles. The lowest BCUT2D eigenvalue weighted by atomic mass is 9.87. The number of nitrogens with zero attached hydrogens (tertiary/aromatic N) is 1. The second kappa shape index (κ2) is 13.7. The topological polar surface area (TPSA) is 58.6 Å². The van der Waals surface area contributed by atoms with Crippen molar-refractivity contribution in [2.24, 2.45) is 0 Å². The van der Waals surface area contributed by atoms with Crippen molar-refractivity contribution >= 4 is 35.0 Å². The molecular formula is C31H36Cl2N2O3. The fourth-order valence-electron chi connectivity index (χ4n) is 4.03. The van der Waals surface area contributed by atoms with Crippen molar-refractivity contribution < 1.29 is 14.3 Å². The summed E-state index contributed by atoms with van der Waals surface area (Å²) in [6, 6.07) is 21.9. The Bertz CT molecular complexity index is 1210. The third-order valence-corrected chi connectivity index (χ3v) is 6.98. The van der Waals surface area contributed by atoms with Crippen LogP contribution in [0.5, 0.6) is 5.75 Å². The first-order chi connectivity index (χ1) is 18.1. The van der Waals surface area contributed by atoms with Crippen LogP contribution in [0.25, 0.3) is 0 Å². The minimum Gasteiger partial charge on any atom is -0.484 e. The first-order valence-corrected chi connectivity index (χ1v) is 13.6. The summed E-state index contributed by atoms with van der Waals surface area (Å²) in [5, 5.41) is 3.79. The summed E-state index contributed by atoms with van der Waals surface area (Å²) in [5.74, 6) is 0.0816. The summed E-state index contributed by atoms with van der Waals surface area (Å²) in [7, 11) is 0. The standard InChI is InChI=1S/C31H36Cl2N2O3/c1-5-17-34-30(37)28(19-22-9-7-6-8-10-22)35(20-23-11-16-26(32)27(33)18-23)29(36)21-38-25-14-12-24(13-15-25)31(2,3)4/h6-16,18,28H,5,17,19-21H2,1-4H3,(H,34,37). The zero-order valence-corrected chi connectivity index (χ0v) is 24.0. The van der Waals surface area contributed by atoms with Gasteiger partial charge in [-0.05, 0) is 52.8 Å². The molecule has 3 aromatic carbocycles. The lowest BCUT2D eigenvalue weighted by molar-refractivity contribution is -0.142. The van der Waals surface area contributed by atoms with E-state index in [2.05, 4.69) is 26.1 Å². The summed E-state index contributed by atoms with van der Waals surface area (Å²) < 4.78 is 5.89. The molecule has 0 fully saturated rings. The van der Waals surface area contributed by atoms with Gasteiger partial charge >= 0.3 is 0 Å². The number of hydrogen-bond acceptors (Lipinski definition) is 3. The van der Waals surface area contributed by atoms with Gasteiger partial charge in [-0.1, -0.05) is 99.4 Å². The molecule has 0 aliphatic heterocycles. The van der Waals surface area contributed by atoms with Crippen LogP contribution in [0.1, 0.15) is 50.8 Å². The lowest BCUT2D eigenvalue weighted by Crippen LogP contribution is -2.51. The van der Waals surface area contributed by atoms with Crippen LogP contribution >= 0.6 is 23.2 Å². The number of ether oxygens (including phenoxy) is 1. The Balaban J connectivity index is 1.88. The van der Waals surface area contributed by atoms with Crippen LogP contribution in [-0.4, -0.2) is 35.9 Å². The Kier molecular flexibility index (Phi) is 10.6. The third-order valence-electron chi connectivity index (χ3n) is 6.24. The number of carbonyl (C=O) groups is 2. The normalized spacial score (nSPS) is 12.1.